The fourth-order valence-corrected chi connectivity index (χ4v) is 2.24. The zero-order chi connectivity index (χ0) is 11.7. The molecule has 0 unspecified atom stereocenters. The Morgan fingerprint density at radius 1 is 1.38 bits per heavy atom. The third kappa shape index (κ3) is 2.35. The molecule has 2 nitrogen and oxygen atoms in total. The number of anilines is 1. The number of halogens is 1. The zero-order valence-corrected chi connectivity index (χ0v) is 9.89. The number of rotatable bonds is 2. The number of hydrogen-bond donors (Lipinski definition) is 1. The first-order valence-corrected chi connectivity index (χ1v) is 5.64. The van der Waals surface area contributed by atoms with Gasteiger partial charge in [-0.3, -0.25) is 4.90 Å². The van der Waals surface area contributed by atoms with Crippen molar-refractivity contribution in [1.29, 1.82) is 0 Å². The first kappa shape index (κ1) is 11.4. The molecule has 1 aliphatic heterocycles. The van der Waals surface area contributed by atoms with Crippen molar-refractivity contribution in [2.45, 2.75) is 26.8 Å². The predicted molar refractivity (Wildman–Crippen MR) is 64.4 cm³/mol. The summed E-state index contributed by atoms with van der Waals surface area (Å²) in [6, 6.07) is 3.37. The molecular formula is C13H18FN2. The number of nitrogen functional groups attached to an aromatic ring is 1. The van der Waals surface area contributed by atoms with Gasteiger partial charge >= 0.3 is 0 Å². The van der Waals surface area contributed by atoms with E-state index in [4.69, 9.17) is 5.73 Å². The van der Waals surface area contributed by atoms with Gasteiger partial charge in [0.2, 0.25) is 0 Å². The van der Waals surface area contributed by atoms with Crippen LogP contribution in [0.25, 0.3) is 0 Å². The Labute approximate surface area is 96.2 Å². The average Bonchev–Trinajstić information content (AvgIpc) is 2.19. The summed E-state index contributed by atoms with van der Waals surface area (Å²) in [5, 5.41) is 0. The zero-order valence-electron chi connectivity index (χ0n) is 9.89. The topological polar surface area (TPSA) is 29.3 Å². The van der Waals surface area contributed by atoms with Crippen molar-refractivity contribution in [2.24, 2.45) is 0 Å². The first-order valence-electron chi connectivity index (χ1n) is 5.64. The first-order chi connectivity index (χ1) is 7.56. The van der Waals surface area contributed by atoms with Gasteiger partial charge < -0.3 is 5.73 Å². The molecule has 2 rings (SSSR count). The molecule has 0 saturated carbocycles. The minimum atomic E-state index is -0.287. The molecule has 1 heterocycles. The summed E-state index contributed by atoms with van der Waals surface area (Å²) in [5.74, 6) is 1.11. The van der Waals surface area contributed by atoms with E-state index in [-0.39, 0.29) is 11.5 Å². The van der Waals surface area contributed by atoms with Crippen LogP contribution in [0.3, 0.4) is 0 Å². The maximum atomic E-state index is 13.3. The molecule has 87 valence electrons. The summed E-state index contributed by atoms with van der Waals surface area (Å²) in [7, 11) is 0. The Morgan fingerprint density at radius 3 is 2.81 bits per heavy atom. The lowest BCUT2D eigenvalue weighted by molar-refractivity contribution is 0.264. The van der Waals surface area contributed by atoms with Crippen LogP contribution >= 0.6 is 0 Å². The van der Waals surface area contributed by atoms with E-state index in [1.807, 2.05) is 0 Å². The van der Waals surface area contributed by atoms with E-state index in [1.54, 1.807) is 12.1 Å². The summed E-state index contributed by atoms with van der Waals surface area (Å²) in [6.45, 7) is 7.16. The molecule has 0 saturated heterocycles. The minimum absolute atomic E-state index is 0.262. The van der Waals surface area contributed by atoms with Crippen molar-refractivity contribution < 1.29 is 4.39 Å². The van der Waals surface area contributed by atoms with Crippen molar-refractivity contribution >= 4 is 5.69 Å². The molecule has 0 atom stereocenters. The van der Waals surface area contributed by atoms with Crippen LogP contribution in [-0.2, 0) is 13.0 Å². The monoisotopic (exact) mass is 221 g/mol. The summed E-state index contributed by atoms with van der Waals surface area (Å²) < 4.78 is 13.3. The molecule has 1 radical (unpaired) electrons. The van der Waals surface area contributed by atoms with E-state index >= 15 is 0 Å². The Bertz CT molecular complexity index is 388. The predicted octanol–water partition coefficient (Wildman–Crippen LogP) is 2.38. The molecule has 1 aliphatic rings. The second-order valence-corrected chi connectivity index (χ2v) is 4.81. The molecular weight excluding hydrogens is 203 g/mol. The highest BCUT2D eigenvalue weighted by Gasteiger charge is 2.18. The third-order valence-electron chi connectivity index (χ3n) is 2.95. The molecule has 1 aromatic rings. The number of nitrogens with two attached hydrogens (primary N) is 1. The fourth-order valence-electron chi connectivity index (χ4n) is 2.24. The molecule has 2 N–H and O–H groups in total. The highest BCUT2D eigenvalue weighted by molar-refractivity contribution is 5.47. The van der Waals surface area contributed by atoms with Crippen molar-refractivity contribution in [3.63, 3.8) is 0 Å². The Hall–Kier alpha value is -1.09. The van der Waals surface area contributed by atoms with E-state index in [0.717, 1.165) is 31.6 Å². The van der Waals surface area contributed by atoms with Crippen LogP contribution in [0.1, 0.15) is 25.0 Å². The quantitative estimate of drug-likeness (QED) is 0.777. The lowest BCUT2D eigenvalue weighted by Crippen LogP contribution is -2.33. The standard InChI is InChI=1S/C13H18FN2/c1-9(2)7-16-4-3-10-5-12(14)13(15)6-11(10)8-16/h5-6H,3-4,7-8,15H2,1-2H3. The Kier molecular flexibility index (Phi) is 3.15. The highest BCUT2D eigenvalue weighted by atomic mass is 19.1. The average molecular weight is 221 g/mol. The van der Waals surface area contributed by atoms with Crippen LogP contribution in [0.15, 0.2) is 12.1 Å². The van der Waals surface area contributed by atoms with Gasteiger partial charge in [-0.1, -0.05) is 13.8 Å². The number of nitrogens with zero attached hydrogens (tertiary/aromatic N) is 1. The molecule has 0 aliphatic carbocycles. The second kappa shape index (κ2) is 4.42. The van der Waals surface area contributed by atoms with Crippen LogP contribution in [0.5, 0.6) is 0 Å². The summed E-state index contributed by atoms with van der Waals surface area (Å²) in [5.41, 5.74) is 8.13. The molecule has 0 spiro atoms. The molecule has 0 amide bonds. The lowest BCUT2D eigenvalue weighted by Gasteiger charge is -2.30. The largest absolute Gasteiger partial charge is 0.396 e. The lowest BCUT2D eigenvalue weighted by atomic mass is 9.98. The van der Waals surface area contributed by atoms with Crippen LogP contribution in [0.4, 0.5) is 10.1 Å². The molecule has 0 fully saturated rings. The van der Waals surface area contributed by atoms with Crippen molar-refractivity contribution in [1.82, 2.24) is 4.90 Å². The van der Waals surface area contributed by atoms with Crippen LogP contribution < -0.4 is 5.73 Å². The van der Waals surface area contributed by atoms with Crippen LogP contribution in [0.2, 0.25) is 0 Å². The fraction of sp³-hybridized carbons (Fsp3) is 0.462. The molecule has 1 aromatic carbocycles. The van der Waals surface area contributed by atoms with Gasteiger partial charge in [-0.2, -0.15) is 0 Å². The van der Waals surface area contributed by atoms with E-state index in [9.17, 15) is 4.39 Å². The van der Waals surface area contributed by atoms with E-state index in [2.05, 4.69) is 18.7 Å². The van der Waals surface area contributed by atoms with Gasteiger partial charge in [-0.05, 0) is 35.6 Å². The van der Waals surface area contributed by atoms with E-state index in [0.29, 0.717) is 0 Å². The third-order valence-corrected chi connectivity index (χ3v) is 2.95. The number of fused-ring (bicyclic) bond motifs is 1. The van der Waals surface area contributed by atoms with Crippen molar-refractivity contribution in [3.8, 4) is 0 Å². The second-order valence-electron chi connectivity index (χ2n) is 4.81. The number of hydrogen-bond acceptors (Lipinski definition) is 2. The van der Waals surface area contributed by atoms with E-state index in [1.165, 1.54) is 11.5 Å². The van der Waals surface area contributed by atoms with Gasteiger partial charge in [0.25, 0.3) is 0 Å². The molecule has 0 aromatic heterocycles. The number of benzene rings is 1. The minimum Gasteiger partial charge on any atom is -0.396 e. The summed E-state index contributed by atoms with van der Waals surface area (Å²) in [6.07, 6.45) is 0.916. The highest BCUT2D eigenvalue weighted by Crippen LogP contribution is 2.24. The molecule has 0 bridgehead atoms. The molecule has 16 heavy (non-hydrogen) atoms. The van der Waals surface area contributed by atoms with Gasteiger partial charge in [0.1, 0.15) is 5.82 Å². The molecule has 3 heteroatoms. The Morgan fingerprint density at radius 2 is 2.12 bits per heavy atom. The van der Waals surface area contributed by atoms with Crippen LogP contribution in [-0.4, -0.2) is 18.0 Å². The normalized spacial score (nSPS) is 16.5. The van der Waals surface area contributed by atoms with Crippen molar-refractivity contribution in [2.75, 3.05) is 18.8 Å². The SMILES string of the molecule is C[C](C)CN1CCc2cc(F)c(N)cc2C1. The smallest absolute Gasteiger partial charge is 0.146 e. The van der Waals surface area contributed by atoms with Gasteiger partial charge in [0.05, 0.1) is 5.69 Å². The van der Waals surface area contributed by atoms with E-state index < -0.39 is 0 Å². The van der Waals surface area contributed by atoms with Gasteiger partial charge in [0, 0.05) is 19.6 Å². The van der Waals surface area contributed by atoms with Crippen LogP contribution in [0, 0.1) is 11.7 Å². The van der Waals surface area contributed by atoms with Gasteiger partial charge in [-0.15, -0.1) is 0 Å². The van der Waals surface area contributed by atoms with Gasteiger partial charge in [0.15, 0.2) is 0 Å². The summed E-state index contributed by atoms with van der Waals surface area (Å²) >= 11 is 0. The van der Waals surface area contributed by atoms with Crippen molar-refractivity contribution in [3.05, 3.63) is 35.0 Å². The maximum Gasteiger partial charge on any atom is 0.146 e. The van der Waals surface area contributed by atoms with Gasteiger partial charge in [-0.25, -0.2) is 4.39 Å². The summed E-state index contributed by atoms with van der Waals surface area (Å²) in [4.78, 5) is 2.37. The maximum absolute atomic E-state index is 13.3. The Balaban J connectivity index is 2.17.